The molecule has 0 aliphatic heterocycles. The van der Waals surface area contributed by atoms with Gasteiger partial charge in [-0.15, -0.1) is 10.2 Å². The third-order valence-corrected chi connectivity index (χ3v) is 2.66. The van der Waals surface area contributed by atoms with E-state index in [9.17, 15) is 0 Å². The van der Waals surface area contributed by atoms with Crippen molar-refractivity contribution in [3.63, 3.8) is 0 Å². The molecule has 0 bridgehead atoms. The maximum Gasteiger partial charge on any atom is 0.141 e. The third kappa shape index (κ3) is 4.59. The molecule has 0 amide bonds. The summed E-state index contributed by atoms with van der Waals surface area (Å²) in [5.74, 6) is 1.58. The second-order valence-corrected chi connectivity index (χ2v) is 4.48. The molecule has 6 nitrogen and oxygen atoms in total. The van der Waals surface area contributed by atoms with Crippen LogP contribution in [0.2, 0.25) is 0 Å². The van der Waals surface area contributed by atoms with Crippen molar-refractivity contribution in [1.29, 1.82) is 0 Å². The largest absolute Gasteiger partial charge is 0.493 e. The number of nitrogens with zero attached hydrogens (tertiary/aromatic N) is 4. The fraction of sp³-hybridized carbons (Fsp3) is 0.400. The van der Waals surface area contributed by atoms with Gasteiger partial charge in [-0.1, -0.05) is 13.8 Å². The van der Waals surface area contributed by atoms with Gasteiger partial charge in [-0.2, -0.15) is 5.10 Å². The van der Waals surface area contributed by atoms with E-state index in [-0.39, 0.29) is 0 Å². The van der Waals surface area contributed by atoms with E-state index in [0.717, 1.165) is 29.9 Å². The van der Waals surface area contributed by atoms with E-state index < -0.39 is 0 Å². The van der Waals surface area contributed by atoms with Crippen LogP contribution in [0.5, 0.6) is 11.5 Å². The first-order valence-electron chi connectivity index (χ1n) is 7.12. The Morgan fingerprint density at radius 1 is 1.10 bits per heavy atom. The quantitative estimate of drug-likeness (QED) is 0.701. The molecule has 0 fully saturated rings. The Hall–Kier alpha value is -2.37. The summed E-state index contributed by atoms with van der Waals surface area (Å²) < 4.78 is 12.9. The zero-order valence-corrected chi connectivity index (χ0v) is 12.4. The Morgan fingerprint density at radius 2 is 1.81 bits per heavy atom. The minimum atomic E-state index is 0.657. The summed E-state index contributed by atoms with van der Waals surface area (Å²) in [7, 11) is 0. The highest BCUT2D eigenvalue weighted by atomic mass is 16.5. The highest BCUT2D eigenvalue weighted by Crippen LogP contribution is 2.24. The van der Waals surface area contributed by atoms with Crippen molar-refractivity contribution in [2.45, 2.75) is 26.7 Å². The molecular formula is C15H20N4O2. The van der Waals surface area contributed by atoms with E-state index in [0.29, 0.717) is 13.2 Å². The van der Waals surface area contributed by atoms with Crippen LogP contribution >= 0.6 is 0 Å². The predicted molar refractivity (Wildman–Crippen MR) is 81.0 cm³/mol. The third-order valence-electron chi connectivity index (χ3n) is 2.66. The summed E-state index contributed by atoms with van der Waals surface area (Å²) in [5.41, 5.74) is 0.890. The molecule has 1 aromatic heterocycles. The van der Waals surface area contributed by atoms with Gasteiger partial charge in [0.15, 0.2) is 0 Å². The van der Waals surface area contributed by atoms with Crippen molar-refractivity contribution in [3.05, 3.63) is 36.4 Å². The Labute approximate surface area is 124 Å². The van der Waals surface area contributed by atoms with Gasteiger partial charge in [0.1, 0.15) is 24.2 Å². The summed E-state index contributed by atoms with van der Waals surface area (Å²) >= 11 is 0. The molecule has 1 aromatic carbocycles. The number of rotatable bonds is 8. The Kier molecular flexibility index (Phi) is 5.75. The Balaban J connectivity index is 2.17. The van der Waals surface area contributed by atoms with E-state index in [2.05, 4.69) is 29.1 Å². The van der Waals surface area contributed by atoms with Crippen LogP contribution in [0.1, 0.15) is 32.3 Å². The molecular weight excluding hydrogens is 268 g/mol. The topological polar surface area (TPSA) is 61.5 Å². The number of benzene rings is 1. The van der Waals surface area contributed by atoms with Crippen LogP contribution in [0, 0.1) is 0 Å². The highest BCUT2D eigenvalue weighted by molar-refractivity contribution is 5.83. The van der Waals surface area contributed by atoms with Gasteiger partial charge in [0.2, 0.25) is 0 Å². The summed E-state index contributed by atoms with van der Waals surface area (Å²) in [6.45, 7) is 5.50. The van der Waals surface area contributed by atoms with Gasteiger partial charge in [-0.3, -0.25) is 0 Å². The lowest BCUT2D eigenvalue weighted by molar-refractivity contribution is 0.301. The van der Waals surface area contributed by atoms with Crippen LogP contribution < -0.4 is 9.47 Å². The number of hydrogen-bond acceptors (Lipinski definition) is 5. The van der Waals surface area contributed by atoms with Gasteiger partial charge < -0.3 is 9.47 Å². The highest BCUT2D eigenvalue weighted by Gasteiger charge is 2.05. The minimum absolute atomic E-state index is 0.657. The molecule has 0 aliphatic carbocycles. The molecule has 0 unspecified atom stereocenters. The van der Waals surface area contributed by atoms with Gasteiger partial charge in [0.25, 0.3) is 0 Å². The normalized spacial score (nSPS) is 11.0. The SMILES string of the molecule is CCCOc1ccc(/C=N\n2cnnc2)c(OCCC)c1. The average molecular weight is 288 g/mol. The van der Waals surface area contributed by atoms with Crippen molar-refractivity contribution in [1.82, 2.24) is 14.9 Å². The zero-order valence-electron chi connectivity index (χ0n) is 12.4. The first kappa shape index (κ1) is 15.0. The van der Waals surface area contributed by atoms with Crippen LogP contribution in [0.3, 0.4) is 0 Å². The van der Waals surface area contributed by atoms with Gasteiger partial charge >= 0.3 is 0 Å². The van der Waals surface area contributed by atoms with Crippen LogP contribution in [0.25, 0.3) is 0 Å². The summed E-state index contributed by atoms with van der Waals surface area (Å²) in [5, 5.41) is 11.6. The molecule has 0 atom stereocenters. The van der Waals surface area contributed by atoms with E-state index in [4.69, 9.17) is 9.47 Å². The lowest BCUT2D eigenvalue weighted by atomic mass is 10.2. The van der Waals surface area contributed by atoms with E-state index in [1.54, 1.807) is 6.21 Å². The van der Waals surface area contributed by atoms with Gasteiger partial charge in [-0.25, -0.2) is 4.68 Å². The first-order valence-corrected chi connectivity index (χ1v) is 7.12. The Morgan fingerprint density at radius 3 is 2.52 bits per heavy atom. The monoisotopic (exact) mass is 288 g/mol. The molecule has 112 valence electrons. The number of aromatic nitrogens is 3. The van der Waals surface area contributed by atoms with Crippen molar-refractivity contribution in [2.75, 3.05) is 13.2 Å². The summed E-state index contributed by atoms with van der Waals surface area (Å²) in [4.78, 5) is 0. The van der Waals surface area contributed by atoms with Crippen LogP contribution in [0.4, 0.5) is 0 Å². The summed E-state index contributed by atoms with van der Waals surface area (Å²) in [6.07, 6.45) is 6.70. The zero-order chi connectivity index (χ0) is 14.9. The maximum absolute atomic E-state index is 5.77. The standard InChI is InChI=1S/C15H20N4O2/c1-3-7-20-14-6-5-13(15(9-14)21-8-4-2)10-18-19-11-16-17-12-19/h5-6,9-12H,3-4,7-8H2,1-2H3/b18-10-. The van der Waals surface area contributed by atoms with Crippen molar-refractivity contribution in [3.8, 4) is 11.5 Å². The molecule has 1 heterocycles. The summed E-state index contributed by atoms with van der Waals surface area (Å²) in [6, 6.07) is 5.75. The fourth-order valence-electron chi connectivity index (χ4n) is 1.65. The lowest BCUT2D eigenvalue weighted by Crippen LogP contribution is -2.01. The van der Waals surface area contributed by atoms with Gasteiger partial charge in [-0.05, 0) is 25.0 Å². The lowest BCUT2D eigenvalue weighted by Gasteiger charge is -2.11. The molecule has 0 aliphatic rings. The smallest absolute Gasteiger partial charge is 0.141 e. The maximum atomic E-state index is 5.77. The number of ether oxygens (including phenoxy) is 2. The van der Waals surface area contributed by atoms with Gasteiger partial charge in [0, 0.05) is 11.6 Å². The number of hydrogen-bond donors (Lipinski definition) is 0. The van der Waals surface area contributed by atoms with Gasteiger partial charge in [0.05, 0.1) is 19.4 Å². The second-order valence-electron chi connectivity index (χ2n) is 4.48. The van der Waals surface area contributed by atoms with Crippen LogP contribution in [0.15, 0.2) is 36.0 Å². The van der Waals surface area contributed by atoms with Crippen molar-refractivity contribution >= 4 is 6.21 Å². The molecule has 2 rings (SSSR count). The second kappa shape index (κ2) is 8.04. The van der Waals surface area contributed by atoms with Crippen LogP contribution in [-0.4, -0.2) is 34.3 Å². The molecule has 6 heteroatoms. The average Bonchev–Trinajstić information content (AvgIpc) is 3.03. The predicted octanol–water partition coefficient (Wildman–Crippen LogP) is 2.74. The molecule has 0 N–H and O–H groups in total. The van der Waals surface area contributed by atoms with Crippen LogP contribution in [-0.2, 0) is 0 Å². The first-order chi connectivity index (χ1) is 10.3. The fourth-order valence-corrected chi connectivity index (χ4v) is 1.65. The van der Waals surface area contributed by atoms with E-state index >= 15 is 0 Å². The Bertz CT molecular complexity index is 567. The molecule has 0 saturated carbocycles. The molecule has 2 aromatic rings. The molecule has 0 radical (unpaired) electrons. The molecule has 0 saturated heterocycles. The van der Waals surface area contributed by atoms with Crippen molar-refractivity contribution < 1.29 is 9.47 Å². The van der Waals surface area contributed by atoms with E-state index in [1.807, 2.05) is 18.2 Å². The molecule has 21 heavy (non-hydrogen) atoms. The molecule has 0 spiro atoms. The minimum Gasteiger partial charge on any atom is -0.493 e. The van der Waals surface area contributed by atoms with E-state index in [1.165, 1.54) is 17.3 Å². The van der Waals surface area contributed by atoms with Crippen molar-refractivity contribution in [2.24, 2.45) is 5.10 Å².